The first-order chi connectivity index (χ1) is 7.26. The van der Waals surface area contributed by atoms with Crippen LogP contribution in [0.3, 0.4) is 0 Å². The normalized spacial score (nSPS) is 8.59. The first kappa shape index (κ1) is 18.4. The fourth-order valence-corrected chi connectivity index (χ4v) is 1.17. The largest absolute Gasteiger partial charge is 0.469 e. The molecule has 1 rings (SSSR count). The van der Waals surface area contributed by atoms with Crippen molar-refractivity contribution in [2.24, 2.45) is 5.73 Å². The molecule has 0 aliphatic heterocycles. The molecular weight excluding hydrogens is 263 g/mol. The molecule has 17 heavy (non-hydrogen) atoms. The maximum atomic E-state index is 10.8. The van der Waals surface area contributed by atoms with Crippen molar-refractivity contribution < 1.29 is 9.53 Å². The summed E-state index contributed by atoms with van der Waals surface area (Å²) < 4.78 is 4.53. The predicted molar refractivity (Wildman–Crippen MR) is 74.0 cm³/mol. The molecule has 0 saturated heterocycles. The van der Waals surface area contributed by atoms with Crippen molar-refractivity contribution in [3.8, 4) is 0 Å². The van der Waals surface area contributed by atoms with Crippen LogP contribution in [0.4, 0.5) is 5.69 Å². The maximum absolute atomic E-state index is 10.8. The van der Waals surface area contributed by atoms with Crippen molar-refractivity contribution in [2.75, 3.05) is 19.0 Å². The second-order valence-electron chi connectivity index (χ2n) is 3.15. The zero-order valence-corrected chi connectivity index (χ0v) is 11.3. The van der Waals surface area contributed by atoms with Gasteiger partial charge in [-0.25, -0.2) is 0 Å². The number of benzene rings is 1. The SMILES string of the molecule is COC(=O)CCNc1ccc(CN)cc1.Cl.Cl. The molecule has 6 heteroatoms. The van der Waals surface area contributed by atoms with Crippen molar-refractivity contribution in [2.45, 2.75) is 13.0 Å². The van der Waals surface area contributed by atoms with Crippen molar-refractivity contribution in [1.82, 2.24) is 0 Å². The number of halogens is 2. The van der Waals surface area contributed by atoms with E-state index in [1.807, 2.05) is 24.3 Å². The topological polar surface area (TPSA) is 64.3 Å². The maximum Gasteiger partial charge on any atom is 0.307 e. The van der Waals surface area contributed by atoms with E-state index in [-0.39, 0.29) is 30.8 Å². The third-order valence-corrected chi connectivity index (χ3v) is 2.08. The van der Waals surface area contributed by atoms with Crippen LogP contribution in [0.2, 0.25) is 0 Å². The number of nitrogens with two attached hydrogens (primary N) is 1. The van der Waals surface area contributed by atoms with E-state index in [4.69, 9.17) is 5.73 Å². The minimum absolute atomic E-state index is 0. The van der Waals surface area contributed by atoms with Crippen LogP contribution in [0.5, 0.6) is 0 Å². The van der Waals surface area contributed by atoms with Gasteiger partial charge in [0.25, 0.3) is 0 Å². The fourth-order valence-electron chi connectivity index (χ4n) is 1.17. The van der Waals surface area contributed by atoms with Gasteiger partial charge in [-0.1, -0.05) is 12.1 Å². The second-order valence-corrected chi connectivity index (χ2v) is 3.15. The van der Waals surface area contributed by atoms with Gasteiger partial charge in [-0.3, -0.25) is 4.79 Å². The molecule has 3 N–H and O–H groups in total. The molecule has 1 aromatic rings. The Hall–Kier alpha value is -0.970. The zero-order valence-electron chi connectivity index (χ0n) is 9.64. The summed E-state index contributed by atoms with van der Waals surface area (Å²) in [6.07, 6.45) is 0.370. The molecule has 4 nitrogen and oxygen atoms in total. The molecule has 1 aromatic carbocycles. The number of ether oxygens (including phenoxy) is 1. The molecule has 0 aromatic heterocycles. The molecule has 0 heterocycles. The lowest BCUT2D eigenvalue weighted by Crippen LogP contribution is -2.09. The summed E-state index contributed by atoms with van der Waals surface area (Å²) in [5.41, 5.74) is 7.55. The Balaban J connectivity index is 0. The van der Waals surface area contributed by atoms with Crippen LogP contribution in [0.15, 0.2) is 24.3 Å². The number of rotatable bonds is 5. The summed E-state index contributed by atoms with van der Waals surface area (Å²) in [6, 6.07) is 7.81. The molecule has 0 amide bonds. The summed E-state index contributed by atoms with van der Waals surface area (Å²) in [6.45, 7) is 1.12. The molecule has 98 valence electrons. The number of carbonyl (C=O) groups is 1. The molecule has 0 aliphatic rings. The van der Waals surface area contributed by atoms with Crippen LogP contribution < -0.4 is 11.1 Å². The van der Waals surface area contributed by atoms with Gasteiger partial charge in [0.15, 0.2) is 0 Å². The highest BCUT2D eigenvalue weighted by atomic mass is 35.5. The van der Waals surface area contributed by atoms with E-state index in [2.05, 4.69) is 10.1 Å². The van der Waals surface area contributed by atoms with Crippen molar-refractivity contribution in [3.63, 3.8) is 0 Å². The van der Waals surface area contributed by atoms with Crippen LogP contribution in [0.1, 0.15) is 12.0 Å². The lowest BCUT2D eigenvalue weighted by Gasteiger charge is -2.05. The standard InChI is InChI=1S/C11H16N2O2.2ClH/c1-15-11(14)6-7-13-10-4-2-9(8-12)3-5-10;;/h2-5,13H,6-8,12H2,1H3;2*1H. The average Bonchev–Trinajstić information content (AvgIpc) is 2.29. The van der Waals surface area contributed by atoms with Gasteiger partial charge in [-0.15, -0.1) is 24.8 Å². The van der Waals surface area contributed by atoms with E-state index in [0.29, 0.717) is 19.5 Å². The van der Waals surface area contributed by atoms with E-state index in [1.165, 1.54) is 7.11 Å². The van der Waals surface area contributed by atoms with Crippen LogP contribution in [0.25, 0.3) is 0 Å². The van der Waals surface area contributed by atoms with E-state index in [0.717, 1.165) is 11.3 Å². The van der Waals surface area contributed by atoms with Gasteiger partial charge in [0.2, 0.25) is 0 Å². The summed E-state index contributed by atoms with van der Waals surface area (Å²) in [5.74, 6) is -0.207. The number of methoxy groups -OCH3 is 1. The van der Waals surface area contributed by atoms with E-state index in [9.17, 15) is 4.79 Å². The first-order valence-electron chi connectivity index (χ1n) is 4.86. The average molecular weight is 281 g/mol. The molecule has 0 fully saturated rings. The van der Waals surface area contributed by atoms with Gasteiger partial charge in [0.1, 0.15) is 0 Å². The number of hydrogen-bond donors (Lipinski definition) is 2. The molecule has 0 atom stereocenters. The fraction of sp³-hybridized carbons (Fsp3) is 0.364. The van der Waals surface area contributed by atoms with E-state index in [1.54, 1.807) is 0 Å². The van der Waals surface area contributed by atoms with Crippen LogP contribution >= 0.6 is 24.8 Å². The highest BCUT2D eigenvalue weighted by Crippen LogP contribution is 2.08. The molecule has 0 spiro atoms. The Morgan fingerprint density at radius 3 is 2.35 bits per heavy atom. The molecule has 0 unspecified atom stereocenters. The van der Waals surface area contributed by atoms with Gasteiger partial charge in [0, 0.05) is 18.8 Å². The Morgan fingerprint density at radius 2 is 1.88 bits per heavy atom. The number of esters is 1. The van der Waals surface area contributed by atoms with Crippen molar-refractivity contribution >= 4 is 36.5 Å². The Kier molecular flexibility index (Phi) is 11.0. The second kappa shape index (κ2) is 10.2. The highest BCUT2D eigenvalue weighted by Gasteiger charge is 1.98. The third kappa shape index (κ3) is 7.05. The lowest BCUT2D eigenvalue weighted by atomic mass is 10.2. The van der Waals surface area contributed by atoms with Gasteiger partial charge >= 0.3 is 5.97 Å². The number of nitrogens with one attached hydrogen (secondary N) is 1. The van der Waals surface area contributed by atoms with Crippen LogP contribution in [-0.2, 0) is 16.1 Å². The number of hydrogen-bond acceptors (Lipinski definition) is 4. The van der Waals surface area contributed by atoms with Gasteiger partial charge < -0.3 is 15.8 Å². The van der Waals surface area contributed by atoms with Crippen LogP contribution in [0, 0.1) is 0 Å². The Bertz CT molecular complexity index is 318. The monoisotopic (exact) mass is 280 g/mol. The number of carbonyl (C=O) groups excluding carboxylic acids is 1. The lowest BCUT2D eigenvalue weighted by molar-refractivity contribution is -0.140. The van der Waals surface area contributed by atoms with Crippen molar-refractivity contribution in [1.29, 1.82) is 0 Å². The molecule has 0 radical (unpaired) electrons. The first-order valence-corrected chi connectivity index (χ1v) is 4.86. The highest BCUT2D eigenvalue weighted by molar-refractivity contribution is 5.85. The Morgan fingerprint density at radius 1 is 1.29 bits per heavy atom. The summed E-state index contributed by atoms with van der Waals surface area (Å²) in [5, 5.41) is 3.12. The third-order valence-electron chi connectivity index (χ3n) is 2.08. The smallest absolute Gasteiger partial charge is 0.307 e. The van der Waals surface area contributed by atoms with Gasteiger partial charge in [0.05, 0.1) is 13.5 Å². The zero-order chi connectivity index (χ0) is 11.1. The minimum Gasteiger partial charge on any atom is -0.469 e. The van der Waals surface area contributed by atoms with E-state index >= 15 is 0 Å². The predicted octanol–water partition coefficient (Wildman–Crippen LogP) is 1.96. The van der Waals surface area contributed by atoms with Crippen LogP contribution in [-0.4, -0.2) is 19.6 Å². The molecule has 0 aliphatic carbocycles. The quantitative estimate of drug-likeness (QED) is 0.810. The van der Waals surface area contributed by atoms with Gasteiger partial charge in [-0.2, -0.15) is 0 Å². The molecular formula is C11H18Cl2N2O2. The van der Waals surface area contributed by atoms with Crippen molar-refractivity contribution in [3.05, 3.63) is 29.8 Å². The summed E-state index contributed by atoms with van der Waals surface area (Å²) in [7, 11) is 1.39. The Labute approximate surface area is 114 Å². The number of anilines is 1. The minimum atomic E-state index is -0.207. The van der Waals surface area contributed by atoms with E-state index < -0.39 is 0 Å². The summed E-state index contributed by atoms with van der Waals surface area (Å²) >= 11 is 0. The molecule has 0 saturated carbocycles. The van der Waals surface area contributed by atoms with Gasteiger partial charge in [-0.05, 0) is 17.7 Å². The molecule has 0 bridgehead atoms. The summed E-state index contributed by atoms with van der Waals surface area (Å²) in [4.78, 5) is 10.8.